The molecule has 39 heavy (non-hydrogen) atoms. The van der Waals surface area contributed by atoms with E-state index >= 15 is 0 Å². The van der Waals surface area contributed by atoms with Crippen LogP contribution in [0.25, 0.3) is 0 Å². The third-order valence-electron chi connectivity index (χ3n) is 9.93. The maximum Gasteiger partial charge on any atom is 0.247 e. The van der Waals surface area contributed by atoms with Gasteiger partial charge in [-0.05, 0) is 85.5 Å². The molecular weight excluding hydrogens is 500 g/mol. The summed E-state index contributed by atoms with van der Waals surface area (Å²) in [5.74, 6) is 1.90. The smallest absolute Gasteiger partial charge is 0.247 e. The number of amides is 2. The number of hydrogen-bond donors (Lipinski definition) is 4. The number of benzene rings is 1. The minimum Gasteiger partial charge on any atom is -0.493 e. The standard InChI is InChI=1S/C30H40N2O7/c1-16(35)32(15-30-11-17-5-18(12-30)7-19(6-17)13-30)23-10-22(29(37)31-3-4-33)25-21-8-20(14-34)9-24(38-2)27(21)39-28(25)26(23)36/h8-10,17-19,23,25-26,28,33-34,36H,3-7,11-15H2,1-2H3,(H,31,37)/t17?,18?,19?,23-,25+,26+,28+,30?/m1/s1. The van der Waals surface area contributed by atoms with Gasteiger partial charge in [0.15, 0.2) is 11.5 Å². The van der Waals surface area contributed by atoms with E-state index in [-0.39, 0.29) is 37.0 Å². The van der Waals surface area contributed by atoms with Crippen molar-refractivity contribution in [2.24, 2.45) is 23.2 Å². The van der Waals surface area contributed by atoms with Crippen molar-refractivity contribution in [2.45, 2.75) is 76.2 Å². The van der Waals surface area contributed by atoms with Crippen LogP contribution in [0.2, 0.25) is 0 Å². The highest BCUT2D eigenvalue weighted by molar-refractivity contribution is 5.96. The van der Waals surface area contributed by atoms with Crippen LogP contribution in [0.3, 0.4) is 0 Å². The summed E-state index contributed by atoms with van der Waals surface area (Å²) in [6.45, 7) is 1.76. The van der Waals surface area contributed by atoms with Crippen LogP contribution in [-0.2, 0) is 16.2 Å². The molecule has 4 N–H and O–H groups in total. The molecule has 0 spiro atoms. The number of fused-ring (bicyclic) bond motifs is 3. The largest absolute Gasteiger partial charge is 0.493 e. The number of nitrogens with one attached hydrogen (secondary N) is 1. The molecule has 2 amide bonds. The number of hydrogen-bond acceptors (Lipinski definition) is 7. The maximum atomic E-state index is 13.5. The molecule has 0 saturated heterocycles. The van der Waals surface area contributed by atoms with E-state index in [1.807, 2.05) is 0 Å². The zero-order chi connectivity index (χ0) is 27.5. The summed E-state index contributed by atoms with van der Waals surface area (Å²) >= 11 is 0. The Morgan fingerprint density at radius 2 is 1.79 bits per heavy atom. The molecule has 5 aliphatic carbocycles. The van der Waals surface area contributed by atoms with Crippen molar-refractivity contribution in [3.05, 3.63) is 34.9 Å². The fraction of sp³-hybridized carbons (Fsp3) is 0.667. The van der Waals surface area contributed by atoms with Gasteiger partial charge in [-0.25, -0.2) is 0 Å². The van der Waals surface area contributed by atoms with E-state index in [0.29, 0.717) is 34.7 Å². The second-order valence-corrected chi connectivity index (χ2v) is 12.6. The quantitative estimate of drug-likeness (QED) is 0.396. The Balaban J connectivity index is 1.38. The van der Waals surface area contributed by atoms with Crippen molar-refractivity contribution in [1.82, 2.24) is 10.2 Å². The lowest BCUT2D eigenvalue weighted by atomic mass is 9.49. The first kappa shape index (κ1) is 26.6. The highest BCUT2D eigenvalue weighted by Crippen LogP contribution is 2.60. The molecule has 1 aliphatic heterocycles. The minimum absolute atomic E-state index is 0.0584. The van der Waals surface area contributed by atoms with Gasteiger partial charge in [-0.1, -0.05) is 0 Å². The highest BCUT2D eigenvalue weighted by atomic mass is 16.5. The van der Waals surface area contributed by atoms with Crippen molar-refractivity contribution in [3.8, 4) is 11.5 Å². The molecule has 9 heteroatoms. The third-order valence-corrected chi connectivity index (χ3v) is 9.93. The van der Waals surface area contributed by atoms with Gasteiger partial charge < -0.3 is 35.0 Å². The third kappa shape index (κ3) is 4.52. The zero-order valence-electron chi connectivity index (χ0n) is 22.8. The fourth-order valence-corrected chi connectivity index (χ4v) is 8.89. The van der Waals surface area contributed by atoms with Crippen LogP contribution in [0.1, 0.15) is 62.5 Å². The van der Waals surface area contributed by atoms with Crippen molar-refractivity contribution >= 4 is 11.8 Å². The van der Waals surface area contributed by atoms with Gasteiger partial charge >= 0.3 is 0 Å². The van der Waals surface area contributed by atoms with Gasteiger partial charge in [0.25, 0.3) is 0 Å². The number of aliphatic hydroxyl groups is 3. The van der Waals surface area contributed by atoms with Crippen LogP contribution >= 0.6 is 0 Å². The molecule has 6 aliphatic rings. The summed E-state index contributed by atoms with van der Waals surface area (Å²) in [5, 5.41) is 33.7. The molecule has 9 nitrogen and oxygen atoms in total. The highest BCUT2D eigenvalue weighted by Gasteiger charge is 2.55. The molecule has 1 aromatic rings. The normalized spacial score (nSPS) is 35.5. The molecule has 4 saturated carbocycles. The van der Waals surface area contributed by atoms with Crippen molar-refractivity contribution in [1.29, 1.82) is 0 Å². The lowest BCUT2D eigenvalue weighted by Gasteiger charge is -2.58. The summed E-state index contributed by atoms with van der Waals surface area (Å²) in [6.07, 6.45) is 7.10. The number of carbonyl (C=O) groups excluding carboxylic acids is 2. The van der Waals surface area contributed by atoms with E-state index in [9.17, 15) is 24.9 Å². The summed E-state index contributed by atoms with van der Waals surface area (Å²) < 4.78 is 11.9. The average Bonchev–Trinajstić information content (AvgIpc) is 3.29. The van der Waals surface area contributed by atoms with Gasteiger partial charge in [0.1, 0.15) is 12.2 Å². The van der Waals surface area contributed by atoms with Crippen LogP contribution in [0, 0.1) is 23.2 Å². The summed E-state index contributed by atoms with van der Waals surface area (Å²) in [7, 11) is 1.51. The SMILES string of the molecule is COc1cc(CO)cc2c1O[C@@H]1[C@@H](O)[C@H](N(CC34CC5CC(CC(C5)C3)C4)C(C)=O)C=C(C(=O)NCCO)[C@H]21. The Morgan fingerprint density at radius 3 is 2.36 bits per heavy atom. The Labute approximate surface area is 229 Å². The lowest BCUT2D eigenvalue weighted by Crippen LogP contribution is -2.59. The molecule has 4 atom stereocenters. The molecule has 0 radical (unpaired) electrons. The maximum absolute atomic E-state index is 13.5. The topological polar surface area (TPSA) is 129 Å². The van der Waals surface area contributed by atoms with E-state index in [2.05, 4.69) is 5.32 Å². The molecule has 0 unspecified atom stereocenters. The second-order valence-electron chi connectivity index (χ2n) is 12.6. The number of aliphatic hydroxyl groups excluding tert-OH is 3. The minimum atomic E-state index is -1.07. The van der Waals surface area contributed by atoms with Crippen LogP contribution in [0.15, 0.2) is 23.8 Å². The molecule has 4 bridgehead atoms. The Bertz CT molecular complexity index is 1140. The molecule has 7 rings (SSSR count). The van der Waals surface area contributed by atoms with Gasteiger partial charge in [0, 0.05) is 31.1 Å². The number of methoxy groups -OCH3 is 1. The number of nitrogens with zero attached hydrogens (tertiary/aromatic N) is 1. The van der Waals surface area contributed by atoms with Gasteiger partial charge in [-0.15, -0.1) is 0 Å². The first-order chi connectivity index (χ1) is 18.8. The van der Waals surface area contributed by atoms with Crippen molar-refractivity contribution < 1.29 is 34.4 Å². The van der Waals surface area contributed by atoms with E-state index in [1.54, 1.807) is 30.0 Å². The van der Waals surface area contributed by atoms with E-state index in [0.717, 1.165) is 37.0 Å². The van der Waals surface area contributed by atoms with Gasteiger partial charge in [-0.3, -0.25) is 9.59 Å². The predicted molar refractivity (Wildman–Crippen MR) is 142 cm³/mol. The Kier molecular flexibility index (Phi) is 6.88. The second kappa shape index (κ2) is 10.1. The first-order valence-electron chi connectivity index (χ1n) is 14.3. The van der Waals surface area contributed by atoms with Crippen molar-refractivity contribution in [3.63, 3.8) is 0 Å². The van der Waals surface area contributed by atoms with Gasteiger partial charge in [0.2, 0.25) is 11.8 Å². The Morgan fingerprint density at radius 1 is 1.13 bits per heavy atom. The summed E-state index contributed by atoms with van der Waals surface area (Å²) in [6, 6.07) is 2.73. The van der Waals surface area contributed by atoms with E-state index in [1.165, 1.54) is 26.4 Å². The predicted octanol–water partition coefficient (Wildman–Crippen LogP) is 1.87. The molecule has 1 heterocycles. The Hall–Kier alpha value is -2.62. The van der Waals surface area contributed by atoms with Crippen molar-refractivity contribution in [2.75, 3.05) is 26.8 Å². The molecule has 0 aromatic heterocycles. The first-order valence-corrected chi connectivity index (χ1v) is 14.3. The van der Waals surface area contributed by atoms with Crippen LogP contribution in [0.5, 0.6) is 11.5 Å². The molecule has 212 valence electrons. The average molecular weight is 541 g/mol. The van der Waals surface area contributed by atoms with Crippen LogP contribution in [-0.4, -0.2) is 77.1 Å². The van der Waals surface area contributed by atoms with Crippen LogP contribution < -0.4 is 14.8 Å². The summed E-state index contributed by atoms with van der Waals surface area (Å²) in [5.41, 5.74) is 1.70. The molecular formula is C30H40N2O7. The number of ether oxygens (including phenoxy) is 2. The monoisotopic (exact) mass is 540 g/mol. The molecule has 1 aromatic carbocycles. The fourth-order valence-electron chi connectivity index (χ4n) is 8.89. The van der Waals surface area contributed by atoms with Gasteiger partial charge in [0.05, 0.1) is 32.3 Å². The number of carbonyl (C=O) groups is 2. The van der Waals surface area contributed by atoms with Crippen LogP contribution in [0.4, 0.5) is 0 Å². The number of rotatable bonds is 8. The van der Waals surface area contributed by atoms with E-state index < -0.39 is 24.2 Å². The van der Waals surface area contributed by atoms with Gasteiger partial charge in [-0.2, -0.15) is 0 Å². The lowest BCUT2D eigenvalue weighted by molar-refractivity contribution is -0.142. The zero-order valence-corrected chi connectivity index (χ0v) is 22.8. The molecule has 4 fully saturated rings. The summed E-state index contributed by atoms with van der Waals surface area (Å²) in [4.78, 5) is 28.5. The van der Waals surface area contributed by atoms with E-state index in [4.69, 9.17) is 9.47 Å².